The van der Waals surface area contributed by atoms with Gasteiger partial charge in [0, 0.05) is 11.1 Å². The molecule has 0 fully saturated rings. The molecule has 1 heterocycles. The van der Waals surface area contributed by atoms with Gasteiger partial charge in [0.2, 0.25) is 0 Å². The molecule has 128 valence electrons. The molecule has 0 atom stereocenters. The number of benzene rings is 2. The summed E-state index contributed by atoms with van der Waals surface area (Å²) in [4.78, 5) is 12.8. The normalized spacial score (nSPS) is 10.9. The van der Waals surface area contributed by atoms with Crippen LogP contribution in [0.3, 0.4) is 0 Å². The number of hydrogen-bond acceptors (Lipinski definition) is 5. The molecule has 5 nitrogen and oxygen atoms in total. The van der Waals surface area contributed by atoms with Gasteiger partial charge in [-0.15, -0.1) is 0 Å². The molecule has 1 aromatic heterocycles. The van der Waals surface area contributed by atoms with Gasteiger partial charge in [-0.1, -0.05) is 18.2 Å². The van der Waals surface area contributed by atoms with Crippen molar-refractivity contribution >= 4 is 0 Å². The number of nitrogens with zero attached hydrogens (tertiary/aromatic N) is 3. The van der Waals surface area contributed by atoms with Crippen LogP contribution in [0.2, 0.25) is 0 Å². The van der Waals surface area contributed by atoms with E-state index in [9.17, 15) is 5.11 Å². The Kier molecular flexibility index (Phi) is 4.65. The van der Waals surface area contributed by atoms with Crippen molar-refractivity contribution < 1.29 is 9.84 Å². The van der Waals surface area contributed by atoms with Crippen LogP contribution in [0.1, 0.15) is 25.0 Å². The molecule has 0 aliphatic carbocycles. The average Bonchev–Trinajstić information content (AvgIpc) is 2.54. The highest BCUT2D eigenvalue weighted by atomic mass is 16.5. The third-order valence-corrected chi connectivity index (χ3v) is 3.81. The van der Waals surface area contributed by atoms with Crippen LogP contribution in [-0.4, -0.2) is 26.2 Å². The first-order valence-corrected chi connectivity index (χ1v) is 8.23. The summed E-state index contributed by atoms with van der Waals surface area (Å²) in [5.41, 5.74) is 3.82. The Labute approximate surface area is 147 Å². The maximum absolute atomic E-state index is 9.98. The lowest BCUT2D eigenvalue weighted by molar-refractivity contribution is 0.242. The van der Waals surface area contributed by atoms with Gasteiger partial charge in [0.1, 0.15) is 5.75 Å². The Morgan fingerprint density at radius 2 is 1.44 bits per heavy atom. The molecule has 5 heteroatoms. The predicted octanol–water partition coefficient (Wildman–Crippen LogP) is 4.32. The van der Waals surface area contributed by atoms with Crippen molar-refractivity contribution in [2.75, 3.05) is 0 Å². The Morgan fingerprint density at radius 3 is 2.04 bits per heavy atom. The van der Waals surface area contributed by atoms with E-state index in [0.717, 1.165) is 28.0 Å². The maximum atomic E-state index is 9.98. The van der Waals surface area contributed by atoms with Crippen LogP contribution < -0.4 is 4.74 Å². The van der Waals surface area contributed by atoms with Gasteiger partial charge >= 0.3 is 6.01 Å². The molecule has 0 amide bonds. The van der Waals surface area contributed by atoms with E-state index in [1.165, 1.54) is 0 Å². The van der Waals surface area contributed by atoms with Crippen LogP contribution in [-0.2, 0) is 0 Å². The van der Waals surface area contributed by atoms with Gasteiger partial charge < -0.3 is 9.84 Å². The SMILES string of the molecule is Cc1cccc(C)c1-c1nc(O)nc(-c2ccc(OC(C)C)cc2)n1. The van der Waals surface area contributed by atoms with Gasteiger partial charge in [0.05, 0.1) is 6.10 Å². The highest BCUT2D eigenvalue weighted by Crippen LogP contribution is 2.28. The molecule has 2 aromatic carbocycles. The van der Waals surface area contributed by atoms with Crippen LogP contribution >= 0.6 is 0 Å². The molecule has 3 aromatic rings. The molecule has 0 saturated heterocycles. The lowest BCUT2D eigenvalue weighted by Gasteiger charge is -2.11. The minimum Gasteiger partial charge on any atom is -0.491 e. The Bertz CT molecular complexity index is 870. The summed E-state index contributed by atoms with van der Waals surface area (Å²) < 4.78 is 5.65. The van der Waals surface area contributed by atoms with Gasteiger partial charge in [-0.3, -0.25) is 0 Å². The smallest absolute Gasteiger partial charge is 0.318 e. The van der Waals surface area contributed by atoms with E-state index in [0.29, 0.717) is 11.6 Å². The van der Waals surface area contributed by atoms with E-state index in [1.54, 1.807) is 0 Å². The van der Waals surface area contributed by atoms with Gasteiger partial charge in [-0.2, -0.15) is 9.97 Å². The zero-order valence-corrected chi connectivity index (χ0v) is 14.8. The van der Waals surface area contributed by atoms with Crippen molar-refractivity contribution in [1.29, 1.82) is 0 Å². The molecule has 0 aliphatic heterocycles. The molecule has 0 aliphatic rings. The fraction of sp³-hybridized carbons (Fsp3) is 0.250. The number of hydrogen-bond donors (Lipinski definition) is 1. The molecule has 3 rings (SSSR count). The molecule has 0 bridgehead atoms. The Hall–Kier alpha value is -2.95. The van der Waals surface area contributed by atoms with Crippen LogP contribution in [0.4, 0.5) is 0 Å². The monoisotopic (exact) mass is 335 g/mol. The largest absolute Gasteiger partial charge is 0.491 e. The fourth-order valence-corrected chi connectivity index (χ4v) is 2.73. The van der Waals surface area contributed by atoms with E-state index in [-0.39, 0.29) is 12.1 Å². The summed E-state index contributed by atoms with van der Waals surface area (Å²) in [6.45, 7) is 7.96. The second-order valence-electron chi connectivity index (χ2n) is 6.24. The summed E-state index contributed by atoms with van der Waals surface area (Å²) in [6, 6.07) is 13.2. The topological polar surface area (TPSA) is 68.1 Å². The number of aromatic nitrogens is 3. The molecule has 0 saturated carbocycles. The third-order valence-electron chi connectivity index (χ3n) is 3.81. The molecule has 25 heavy (non-hydrogen) atoms. The molecule has 0 radical (unpaired) electrons. The Balaban J connectivity index is 2.03. The molecular weight excluding hydrogens is 314 g/mol. The van der Waals surface area contributed by atoms with Gasteiger partial charge in [-0.25, -0.2) is 4.98 Å². The van der Waals surface area contributed by atoms with Crippen molar-refractivity contribution in [3.8, 4) is 34.5 Å². The first kappa shape index (κ1) is 16.9. The average molecular weight is 335 g/mol. The minimum absolute atomic E-state index is 0.114. The predicted molar refractivity (Wildman–Crippen MR) is 97.6 cm³/mol. The zero-order valence-electron chi connectivity index (χ0n) is 14.8. The summed E-state index contributed by atoms with van der Waals surface area (Å²) in [6.07, 6.45) is 0.114. The first-order valence-electron chi connectivity index (χ1n) is 8.23. The molecule has 1 N–H and O–H groups in total. The van der Waals surface area contributed by atoms with Crippen LogP contribution in [0.25, 0.3) is 22.8 Å². The van der Waals surface area contributed by atoms with Gasteiger partial charge in [0.15, 0.2) is 11.6 Å². The summed E-state index contributed by atoms with van der Waals surface area (Å²) in [5.74, 6) is 1.69. The van der Waals surface area contributed by atoms with E-state index >= 15 is 0 Å². The number of aryl methyl sites for hydroxylation is 2. The van der Waals surface area contributed by atoms with E-state index in [4.69, 9.17) is 4.74 Å². The molecular formula is C20H21N3O2. The van der Waals surface area contributed by atoms with Crippen molar-refractivity contribution in [2.45, 2.75) is 33.8 Å². The second-order valence-corrected chi connectivity index (χ2v) is 6.24. The first-order chi connectivity index (χ1) is 11.9. The fourth-order valence-electron chi connectivity index (χ4n) is 2.73. The van der Waals surface area contributed by atoms with E-state index < -0.39 is 0 Å². The highest BCUT2D eigenvalue weighted by Gasteiger charge is 2.13. The zero-order chi connectivity index (χ0) is 18.0. The lowest BCUT2D eigenvalue weighted by Crippen LogP contribution is -2.05. The Morgan fingerprint density at radius 1 is 0.840 bits per heavy atom. The lowest BCUT2D eigenvalue weighted by atomic mass is 10.0. The number of aromatic hydroxyl groups is 1. The summed E-state index contributed by atoms with van der Waals surface area (Å²) >= 11 is 0. The highest BCUT2D eigenvalue weighted by molar-refractivity contribution is 5.67. The van der Waals surface area contributed by atoms with Crippen molar-refractivity contribution in [3.05, 3.63) is 53.6 Å². The van der Waals surface area contributed by atoms with Crippen molar-refractivity contribution in [2.24, 2.45) is 0 Å². The van der Waals surface area contributed by atoms with E-state index in [1.807, 2.05) is 70.2 Å². The summed E-state index contributed by atoms with van der Waals surface area (Å²) in [5, 5.41) is 9.98. The minimum atomic E-state index is -0.287. The maximum Gasteiger partial charge on any atom is 0.318 e. The quantitative estimate of drug-likeness (QED) is 0.769. The van der Waals surface area contributed by atoms with Crippen LogP contribution in [0.5, 0.6) is 11.8 Å². The van der Waals surface area contributed by atoms with Crippen molar-refractivity contribution in [3.63, 3.8) is 0 Å². The van der Waals surface area contributed by atoms with Crippen LogP contribution in [0, 0.1) is 13.8 Å². The van der Waals surface area contributed by atoms with E-state index in [2.05, 4.69) is 15.0 Å². The number of ether oxygens (including phenoxy) is 1. The summed E-state index contributed by atoms with van der Waals surface area (Å²) in [7, 11) is 0. The number of rotatable bonds is 4. The second kappa shape index (κ2) is 6.89. The molecule has 0 unspecified atom stereocenters. The van der Waals surface area contributed by atoms with Crippen LogP contribution in [0.15, 0.2) is 42.5 Å². The van der Waals surface area contributed by atoms with Gasteiger partial charge in [0.25, 0.3) is 0 Å². The standard InChI is InChI=1S/C20H21N3O2/c1-12(2)25-16-10-8-15(9-11-16)18-21-19(23-20(24)22-18)17-13(3)6-5-7-14(17)4/h5-12H,1-4H3,(H,21,22,23,24). The molecule has 0 spiro atoms. The third kappa shape index (κ3) is 3.76. The van der Waals surface area contributed by atoms with Gasteiger partial charge in [-0.05, 0) is 63.1 Å². The van der Waals surface area contributed by atoms with Crippen molar-refractivity contribution in [1.82, 2.24) is 15.0 Å².